The Labute approximate surface area is 163 Å². The Kier molecular flexibility index (Phi) is 6.85. The Bertz CT molecular complexity index is 545. The highest BCUT2D eigenvalue weighted by molar-refractivity contribution is 5.61. The monoisotopic (exact) mass is 380 g/mol. The molecule has 0 radical (unpaired) electrons. The third-order valence-corrected chi connectivity index (χ3v) is 6.99. The maximum Gasteiger partial charge on any atom is 0.509 e. The van der Waals surface area contributed by atoms with Crippen LogP contribution in [0.5, 0.6) is 0 Å². The number of allylic oxidation sites excluding steroid dienone is 1. The first-order valence-corrected chi connectivity index (χ1v) is 10.9. The van der Waals surface area contributed by atoms with E-state index < -0.39 is 11.8 Å². The van der Waals surface area contributed by atoms with Crippen molar-refractivity contribution in [3.8, 4) is 0 Å². The lowest BCUT2D eigenvalue weighted by molar-refractivity contribution is -0.129. The van der Waals surface area contributed by atoms with E-state index in [4.69, 9.17) is 19.3 Å². The standard InChI is InChI=1S/C22H36O5/c1-4-15-16-9-8-12-19(20(15)16)26-21(24)27-22(3,5-2)17-10-6-7-11-18(17)25-14-13-23/h9,15,17-20,23H,4-8,10-14H2,1-3H3. The quantitative estimate of drug-likeness (QED) is 0.492. The van der Waals surface area contributed by atoms with Crippen LogP contribution in [0.15, 0.2) is 11.6 Å². The molecule has 5 heteroatoms. The van der Waals surface area contributed by atoms with Gasteiger partial charge in [0.25, 0.3) is 0 Å². The van der Waals surface area contributed by atoms with Gasteiger partial charge in [-0.1, -0.05) is 38.3 Å². The largest absolute Gasteiger partial charge is 0.509 e. The second kappa shape index (κ2) is 8.95. The molecule has 0 aromatic heterocycles. The lowest BCUT2D eigenvalue weighted by Gasteiger charge is -2.43. The highest BCUT2D eigenvalue weighted by Crippen LogP contribution is 2.54. The topological polar surface area (TPSA) is 65.0 Å². The van der Waals surface area contributed by atoms with E-state index in [2.05, 4.69) is 19.9 Å². The number of carbonyl (C=O) groups is 1. The van der Waals surface area contributed by atoms with Gasteiger partial charge in [0.05, 0.1) is 19.3 Å². The first-order valence-electron chi connectivity index (χ1n) is 10.9. The van der Waals surface area contributed by atoms with Crippen LogP contribution in [0.1, 0.15) is 72.1 Å². The Morgan fingerprint density at radius 3 is 2.70 bits per heavy atom. The van der Waals surface area contributed by atoms with E-state index in [9.17, 15) is 4.79 Å². The zero-order valence-corrected chi connectivity index (χ0v) is 17.1. The van der Waals surface area contributed by atoms with E-state index in [1.165, 1.54) is 5.57 Å². The Balaban J connectivity index is 1.60. The molecule has 1 N–H and O–H groups in total. The minimum Gasteiger partial charge on any atom is -0.430 e. The van der Waals surface area contributed by atoms with Gasteiger partial charge >= 0.3 is 6.16 Å². The average Bonchev–Trinajstić information content (AvgIpc) is 3.41. The molecule has 0 spiro atoms. The maximum absolute atomic E-state index is 12.7. The summed E-state index contributed by atoms with van der Waals surface area (Å²) in [5.74, 6) is 1.15. The zero-order chi connectivity index (χ0) is 19.4. The fourth-order valence-electron chi connectivity index (χ4n) is 5.29. The Morgan fingerprint density at radius 1 is 1.22 bits per heavy atom. The molecule has 3 aliphatic carbocycles. The van der Waals surface area contributed by atoms with E-state index >= 15 is 0 Å². The third kappa shape index (κ3) is 4.51. The molecule has 154 valence electrons. The molecule has 6 atom stereocenters. The van der Waals surface area contributed by atoms with Crippen molar-refractivity contribution >= 4 is 6.16 Å². The first-order chi connectivity index (χ1) is 13.0. The highest BCUT2D eigenvalue weighted by Gasteiger charge is 2.51. The molecule has 0 aromatic carbocycles. The summed E-state index contributed by atoms with van der Waals surface area (Å²) in [4.78, 5) is 12.7. The van der Waals surface area contributed by atoms with Gasteiger partial charge in [-0.3, -0.25) is 0 Å². The molecular formula is C22H36O5. The normalized spacial score (nSPS) is 34.8. The van der Waals surface area contributed by atoms with Crippen molar-refractivity contribution in [2.24, 2.45) is 17.8 Å². The molecule has 27 heavy (non-hydrogen) atoms. The fourth-order valence-corrected chi connectivity index (χ4v) is 5.29. The molecule has 0 heterocycles. The predicted molar refractivity (Wildman–Crippen MR) is 103 cm³/mol. The van der Waals surface area contributed by atoms with E-state index in [0.29, 0.717) is 18.4 Å². The number of hydrogen-bond donors (Lipinski definition) is 1. The number of hydrogen-bond acceptors (Lipinski definition) is 5. The van der Waals surface area contributed by atoms with Crippen LogP contribution in [0.25, 0.3) is 0 Å². The smallest absolute Gasteiger partial charge is 0.430 e. The van der Waals surface area contributed by atoms with Crippen LogP contribution in [-0.2, 0) is 14.2 Å². The van der Waals surface area contributed by atoms with E-state index in [1.54, 1.807) is 0 Å². The number of aliphatic hydroxyl groups is 1. The van der Waals surface area contributed by atoms with Crippen LogP contribution in [-0.4, -0.2) is 42.3 Å². The molecule has 3 rings (SSSR count). The van der Waals surface area contributed by atoms with Crippen molar-refractivity contribution in [2.75, 3.05) is 13.2 Å². The molecule has 0 aliphatic heterocycles. The summed E-state index contributed by atoms with van der Waals surface area (Å²) in [6.45, 7) is 6.62. The van der Waals surface area contributed by atoms with Gasteiger partial charge in [0.1, 0.15) is 11.7 Å². The molecule has 5 nitrogen and oxygen atoms in total. The van der Waals surface area contributed by atoms with Gasteiger partial charge < -0.3 is 19.3 Å². The lowest BCUT2D eigenvalue weighted by atomic mass is 9.74. The molecule has 2 saturated carbocycles. The number of ether oxygens (including phenoxy) is 3. The van der Waals surface area contributed by atoms with Gasteiger partial charge in [-0.15, -0.1) is 0 Å². The highest BCUT2D eigenvalue weighted by atomic mass is 16.7. The summed E-state index contributed by atoms with van der Waals surface area (Å²) in [5, 5.41) is 9.11. The first kappa shape index (κ1) is 20.7. The van der Waals surface area contributed by atoms with Gasteiger partial charge in [-0.05, 0) is 51.4 Å². The summed E-state index contributed by atoms with van der Waals surface area (Å²) in [6.07, 6.45) is 9.69. The molecule has 0 amide bonds. The van der Waals surface area contributed by atoms with Crippen LogP contribution < -0.4 is 0 Å². The second-order valence-electron chi connectivity index (χ2n) is 8.52. The van der Waals surface area contributed by atoms with Gasteiger partial charge in [0.2, 0.25) is 0 Å². The molecule has 2 fully saturated rings. The maximum atomic E-state index is 12.7. The van der Waals surface area contributed by atoms with Gasteiger partial charge in [0.15, 0.2) is 0 Å². The van der Waals surface area contributed by atoms with Gasteiger partial charge in [0, 0.05) is 11.8 Å². The van der Waals surface area contributed by atoms with Gasteiger partial charge in [-0.25, -0.2) is 4.79 Å². The molecule has 0 aromatic rings. The Hall–Kier alpha value is -1.07. The Morgan fingerprint density at radius 2 is 2.00 bits per heavy atom. The molecule has 0 bridgehead atoms. The van der Waals surface area contributed by atoms with E-state index in [1.807, 2.05) is 6.92 Å². The van der Waals surface area contributed by atoms with Crippen molar-refractivity contribution in [2.45, 2.75) is 89.9 Å². The average molecular weight is 381 g/mol. The fraction of sp³-hybridized carbons (Fsp3) is 0.864. The van der Waals surface area contributed by atoms with E-state index in [-0.39, 0.29) is 24.7 Å². The number of carbonyl (C=O) groups excluding carboxylic acids is 1. The van der Waals surface area contributed by atoms with Gasteiger partial charge in [-0.2, -0.15) is 0 Å². The second-order valence-corrected chi connectivity index (χ2v) is 8.52. The molecule has 3 aliphatic rings. The predicted octanol–water partition coefficient (Wildman–Crippen LogP) is 4.62. The summed E-state index contributed by atoms with van der Waals surface area (Å²) in [7, 11) is 0. The van der Waals surface area contributed by atoms with Crippen molar-refractivity contribution in [3.05, 3.63) is 11.6 Å². The SMILES string of the molecule is CCC1C2=CCCC(OC(=O)OC(C)(CC)C3CCCCC3OCCO)C21. The van der Waals surface area contributed by atoms with Crippen LogP contribution >= 0.6 is 0 Å². The third-order valence-electron chi connectivity index (χ3n) is 6.99. The van der Waals surface area contributed by atoms with Crippen molar-refractivity contribution < 1.29 is 24.1 Å². The molecule has 0 saturated heterocycles. The minimum atomic E-state index is -0.599. The van der Waals surface area contributed by atoms with Crippen LogP contribution in [0.3, 0.4) is 0 Å². The summed E-state index contributed by atoms with van der Waals surface area (Å²) in [6, 6.07) is 0. The van der Waals surface area contributed by atoms with E-state index in [0.717, 1.165) is 51.4 Å². The van der Waals surface area contributed by atoms with Crippen LogP contribution in [0.4, 0.5) is 4.79 Å². The van der Waals surface area contributed by atoms with Crippen molar-refractivity contribution in [1.82, 2.24) is 0 Å². The summed E-state index contributed by atoms with van der Waals surface area (Å²) < 4.78 is 17.6. The zero-order valence-electron chi connectivity index (χ0n) is 17.1. The van der Waals surface area contributed by atoms with Crippen molar-refractivity contribution in [3.63, 3.8) is 0 Å². The summed E-state index contributed by atoms with van der Waals surface area (Å²) >= 11 is 0. The number of fused-ring (bicyclic) bond motifs is 1. The minimum absolute atomic E-state index is 0.0203. The number of aliphatic hydroxyl groups excluding tert-OH is 1. The summed E-state index contributed by atoms with van der Waals surface area (Å²) in [5.41, 5.74) is 0.878. The number of rotatable bonds is 8. The van der Waals surface area contributed by atoms with Crippen LogP contribution in [0.2, 0.25) is 0 Å². The lowest BCUT2D eigenvalue weighted by Crippen LogP contribution is -2.48. The van der Waals surface area contributed by atoms with Crippen molar-refractivity contribution in [1.29, 1.82) is 0 Å². The molecule has 6 unspecified atom stereocenters. The van der Waals surface area contributed by atoms with Crippen LogP contribution in [0, 0.1) is 17.8 Å². The molecular weight excluding hydrogens is 344 g/mol.